The molecule has 1 nitrogen and oxygen atoms in total. The summed E-state index contributed by atoms with van der Waals surface area (Å²) < 4.78 is 0. The fourth-order valence-corrected chi connectivity index (χ4v) is 12.5. The topological polar surface area (TPSA) is 3.24 Å². The third kappa shape index (κ3) is 5.55. The van der Waals surface area contributed by atoms with Crippen molar-refractivity contribution in [2.75, 3.05) is 4.90 Å². The van der Waals surface area contributed by atoms with Crippen molar-refractivity contribution in [1.82, 2.24) is 0 Å². The molecule has 10 aromatic rings. The predicted octanol–water partition coefficient (Wildman–Crippen LogP) is 16.8. The molecule has 3 aliphatic rings. The maximum atomic E-state index is 2.49. The van der Waals surface area contributed by atoms with Gasteiger partial charge in [0.25, 0.3) is 0 Å². The summed E-state index contributed by atoms with van der Waals surface area (Å²) in [5, 5.41) is 0. The van der Waals surface area contributed by atoms with Crippen LogP contribution in [0.5, 0.6) is 0 Å². The van der Waals surface area contributed by atoms with Gasteiger partial charge in [0, 0.05) is 33.3 Å². The monoisotopic (exact) mass is 855 g/mol. The fourth-order valence-electron chi connectivity index (χ4n) is 12.5. The van der Waals surface area contributed by atoms with Crippen LogP contribution in [0.25, 0.3) is 44.5 Å². The van der Waals surface area contributed by atoms with E-state index in [-0.39, 0.29) is 16.2 Å². The van der Waals surface area contributed by atoms with E-state index in [1.54, 1.807) is 0 Å². The molecule has 0 fully saturated rings. The molecule has 0 aromatic heterocycles. The van der Waals surface area contributed by atoms with Gasteiger partial charge in [0.15, 0.2) is 0 Å². The second-order valence-electron chi connectivity index (χ2n) is 19.2. The number of rotatable bonds is 7. The van der Waals surface area contributed by atoms with Gasteiger partial charge < -0.3 is 4.90 Å². The van der Waals surface area contributed by atoms with E-state index in [4.69, 9.17) is 0 Å². The van der Waals surface area contributed by atoms with Crippen LogP contribution in [-0.4, -0.2) is 0 Å². The molecule has 13 rings (SSSR count). The van der Waals surface area contributed by atoms with Crippen LogP contribution in [0.2, 0.25) is 0 Å². The Hall–Kier alpha value is -8.00. The van der Waals surface area contributed by atoms with E-state index >= 15 is 0 Å². The van der Waals surface area contributed by atoms with Gasteiger partial charge in [0.05, 0.1) is 0 Å². The smallest absolute Gasteiger partial charge is 0.0465 e. The van der Waals surface area contributed by atoms with Crippen molar-refractivity contribution in [3.8, 4) is 44.5 Å². The van der Waals surface area contributed by atoms with Gasteiger partial charge in [0.1, 0.15) is 0 Å². The van der Waals surface area contributed by atoms with Crippen molar-refractivity contribution < 1.29 is 0 Å². The summed E-state index contributed by atoms with van der Waals surface area (Å²) >= 11 is 0. The molecule has 0 saturated heterocycles. The standard InChI is InChI=1S/C66H49N/c1-64(45-20-7-4-8-21-45)59-32-18-15-28-56(59)63-51(29-19-33-60(63)64)44-34-36-48(37-35-44)67(49-38-40-54-52-26-13-16-30-57(52)65(2,61(54)42-49)46-22-9-5-10-23-46)50-39-41-55-53-27-14-17-31-58(53)66(3,62(55)43-50)47-24-11-6-12-25-47/h4-43H,1-3H3. The van der Waals surface area contributed by atoms with E-state index in [0.717, 1.165) is 17.1 Å². The molecule has 0 N–H and O–H groups in total. The molecule has 0 bridgehead atoms. The Kier molecular flexibility index (Phi) is 8.67. The van der Waals surface area contributed by atoms with E-state index in [9.17, 15) is 0 Å². The first-order valence-electron chi connectivity index (χ1n) is 23.7. The summed E-state index contributed by atoms with van der Waals surface area (Å²) in [6, 6.07) is 90.7. The van der Waals surface area contributed by atoms with Crippen LogP contribution in [0.15, 0.2) is 243 Å². The van der Waals surface area contributed by atoms with Crippen molar-refractivity contribution in [2.24, 2.45) is 0 Å². The van der Waals surface area contributed by atoms with Crippen LogP contribution in [-0.2, 0) is 16.2 Å². The lowest BCUT2D eigenvalue weighted by Crippen LogP contribution is -2.23. The van der Waals surface area contributed by atoms with E-state index in [2.05, 4.69) is 268 Å². The molecule has 3 unspecified atom stereocenters. The highest BCUT2D eigenvalue weighted by Gasteiger charge is 2.44. The van der Waals surface area contributed by atoms with Crippen LogP contribution in [0.1, 0.15) is 70.8 Å². The van der Waals surface area contributed by atoms with E-state index in [1.807, 2.05) is 0 Å². The lowest BCUT2D eigenvalue weighted by Gasteiger charge is -2.32. The SMILES string of the molecule is CC1(c2ccccc2)c2ccccc2-c2ccc(N(c3ccc(-c4cccc5c4-c4ccccc4C5(C)c4ccccc4)cc3)c3ccc4c(c3)C(C)(c3ccccc3)c3ccccc3-4)cc21. The van der Waals surface area contributed by atoms with Crippen molar-refractivity contribution in [3.63, 3.8) is 0 Å². The van der Waals surface area contributed by atoms with E-state index in [0.29, 0.717) is 0 Å². The lowest BCUT2D eigenvalue weighted by atomic mass is 9.74. The minimum atomic E-state index is -0.331. The first-order valence-corrected chi connectivity index (χ1v) is 23.7. The van der Waals surface area contributed by atoms with Crippen molar-refractivity contribution >= 4 is 17.1 Å². The van der Waals surface area contributed by atoms with Gasteiger partial charge in [-0.25, -0.2) is 0 Å². The molecule has 3 aliphatic carbocycles. The number of fused-ring (bicyclic) bond motifs is 9. The first-order chi connectivity index (χ1) is 32.9. The summed E-state index contributed by atoms with van der Waals surface area (Å²) in [4.78, 5) is 2.49. The van der Waals surface area contributed by atoms with Crippen molar-refractivity contribution in [2.45, 2.75) is 37.0 Å². The van der Waals surface area contributed by atoms with Gasteiger partial charge in [-0.05, 0) is 152 Å². The Balaban J connectivity index is 1.000. The third-order valence-electron chi connectivity index (χ3n) is 15.9. The van der Waals surface area contributed by atoms with Gasteiger partial charge in [-0.15, -0.1) is 0 Å². The Morgan fingerprint density at radius 1 is 0.254 bits per heavy atom. The Morgan fingerprint density at radius 2 is 0.597 bits per heavy atom. The summed E-state index contributed by atoms with van der Waals surface area (Å²) in [6.07, 6.45) is 0. The molecular formula is C66H49N. The van der Waals surface area contributed by atoms with Crippen LogP contribution >= 0.6 is 0 Å². The molecule has 0 saturated carbocycles. The maximum Gasteiger partial charge on any atom is 0.0465 e. The fraction of sp³-hybridized carbons (Fsp3) is 0.0909. The Labute approximate surface area is 394 Å². The molecule has 67 heavy (non-hydrogen) atoms. The van der Waals surface area contributed by atoms with Gasteiger partial charge in [-0.2, -0.15) is 0 Å². The molecule has 10 aromatic carbocycles. The van der Waals surface area contributed by atoms with Crippen LogP contribution in [0.3, 0.4) is 0 Å². The average Bonchev–Trinajstić information content (AvgIpc) is 3.93. The second kappa shape index (κ2) is 14.8. The van der Waals surface area contributed by atoms with Crippen LogP contribution in [0, 0.1) is 0 Å². The molecule has 0 spiro atoms. The minimum Gasteiger partial charge on any atom is -0.310 e. The Bertz CT molecular complexity index is 3410. The number of benzene rings is 10. The molecular weight excluding hydrogens is 807 g/mol. The number of nitrogens with zero attached hydrogens (tertiary/aromatic N) is 1. The molecule has 0 radical (unpaired) electrons. The molecule has 0 amide bonds. The predicted molar refractivity (Wildman–Crippen MR) is 279 cm³/mol. The largest absolute Gasteiger partial charge is 0.310 e. The van der Waals surface area contributed by atoms with Gasteiger partial charge >= 0.3 is 0 Å². The number of anilines is 3. The minimum absolute atomic E-state index is 0.261. The lowest BCUT2D eigenvalue weighted by molar-refractivity contribution is 0.713. The van der Waals surface area contributed by atoms with Crippen molar-refractivity contribution in [3.05, 3.63) is 293 Å². The highest BCUT2D eigenvalue weighted by atomic mass is 15.1. The van der Waals surface area contributed by atoms with Crippen molar-refractivity contribution in [1.29, 1.82) is 0 Å². The zero-order chi connectivity index (χ0) is 44.9. The van der Waals surface area contributed by atoms with Gasteiger partial charge in [-0.3, -0.25) is 0 Å². The summed E-state index contributed by atoms with van der Waals surface area (Å²) in [5.74, 6) is 0. The Morgan fingerprint density at radius 3 is 1.07 bits per heavy atom. The highest BCUT2D eigenvalue weighted by molar-refractivity contribution is 5.95. The van der Waals surface area contributed by atoms with Gasteiger partial charge in [0.2, 0.25) is 0 Å². The summed E-state index contributed by atoms with van der Waals surface area (Å²) in [7, 11) is 0. The summed E-state index contributed by atoms with van der Waals surface area (Å²) in [6.45, 7) is 7.22. The molecule has 318 valence electrons. The number of hydrogen-bond acceptors (Lipinski definition) is 1. The molecule has 3 atom stereocenters. The zero-order valence-electron chi connectivity index (χ0n) is 38.0. The highest BCUT2D eigenvalue weighted by Crippen LogP contribution is 2.58. The third-order valence-corrected chi connectivity index (χ3v) is 15.9. The zero-order valence-corrected chi connectivity index (χ0v) is 38.0. The first kappa shape index (κ1) is 39.4. The van der Waals surface area contributed by atoms with E-state index < -0.39 is 0 Å². The van der Waals surface area contributed by atoms with Gasteiger partial charge in [-0.1, -0.05) is 206 Å². The normalized spacial score (nSPS) is 19.1. The molecule has 1 heteroatoms. The molecule has 0 heterocycles. The second-order valence-corrected chi connectivity index (χ2v) is 19.2. The maximum absolute atomic E-state index is 2.49. The number of hydrogen-bond donors (Lipinski definition) is 0. The van der Waals surface area contributed by atoms with Crippen LogP contribution in [0.4, 0.5) is 17.1 Å². The quantitative estimate of drug-likeness (QED) is 0.154. The average molecular weight is 856 g/mol. The van der Waals surface area contributed by atoms with E-state index in [1.165, 1.54) is 94.6 Å². The summed E-state index contributed by atoms with van der Waals surface area (Å²) in [5.41, 5.74) is 24.7. The molecule has 0 aliphatic heterocycles. The van der Waals surface area contributed by atoms with Crippen LogP contribution < -0.4 is 4.90 Å².